The summed E-state index contributed by atoms with van der Waals surface area (Å²) in [5, 5.41) is 2.94. The van der Waals surface area contributed by atoms with Crippen molar-refractivity contribution in [2.75, 3.05) is 17.5 Å². The van der Waals surface area contributed by atoms with Crippen molar-refractivity contribution in [3.63, 3.8) is 0 Å². The van der Waals surface area contributed by atoms with Crippen molar-refractivity contribution in [3.05, 3.63) is 59.7 Å². The molecule has 1 saturated heterocycles. The van der Waals surface area contributed by atoms with Crippen LogP contribution in [0, 0.1) is 0 Å². The topological polar surface area (TPSA) is 75.7 Å². The van der Waals surface area contributed by atoms with Crippen LogP contribution in [0.4, 0.5) is 5.69 Å². The van der Waals surface area contributed by atoms with Crippen LogP contribution in [0.2, 0.25) is 0 Å². The van der Waals surface area contributed by atoms with Crippen LogP contribution in [-0.2, 0) is 21.2 Å². The normalized spacial score (nSPS) is 20.2. The van der Waals surface area contributed by atoms with Gasteiger partial charge in [-0.1, -0.05) is 24.3 Å². The first-order valence-corrected chi connectivity index (χ1v) is 11.5. The zero-order valence-corrected chi connectivity index (χ0v) is 17.3. The van der Waals surface area contributed by atoms with Crippen molar-refractivity contribution in [3.8, 4) is 0 Å². The maximum absolute atomic E-state index is 13.3. The van der Waals surface area contributed by atoms with Gasteiger partial charge in [-0.3, -0.25) is 9.10 Å². The molecule has 1 N–H and O–H groups in total. The molecule has 0 radical (unpaired) electrons. The Bertz CT molecular complexity index is 999. The molecule has 2 aliphatic rings. The highest BCUT2D eigenvalue weighted by molar-refractivity contribution is 7.92. The first kappa shape index (κ1) is 19.9. The molecule has 2 atom stereocenters. The number of aryl methyl sites for hydroxylation is 1. The van der Waals surface area contributed by atoms with E-state index in [0.717, 1.165) is 43.5 Å². The number of carbonyl (C=O) groups is 1. The van der Waals surface area contributed by atoms with E-state index in [1.165, 1.54) is 10.4 Å². The van der Waals surface area contributed by atoms with E-state index >= 15 is 0 Å². The molecule has 2 aromatic carbocycles. The summed E-state index contributed by atoms with van der Waals surface area (Å²) in [6.45, 7) is 3.07. The molecular formula is C22H26N2O4S. The number of hydrogen-bond donors (Lipinski definition) is 1. The molecule has 2 heterocycles. The van der Waals surface area contributed by atoms with Gasteiger partial charge in [0, 0.05) is 18.7 Å². The maximum Gasteiger partial charge on any atom is 0.264 e. The van der Waals surface area contributed by atoms with E-state index in [4.69, 9.17) is 4.74 Å². The second-order valence-electron chi connectivity index (χ2n) is 7.65. The van der Waals surface area contributed by atoms with Crippen molar-refractivity contribution in [1.29, 1.82) is 0 Å². The van der Waals surface area contributed by atoms with Crippen LogP contribution in [0.3, 0.4) is 0 Å². The third-order valence-electron chi connectivity index (χ3n) is 5.63. The SMILES string of the molecule is CC(NC(=O)c1cccc(S(=O)(=O)N2CCCc3ccccc32)c1)C1CCCO1. The summed E-state index contributed by atoms with van der Waals surface area (Å²) in [7, 11) is -3.75. The lowest BCUT2D eigenvalue weighted by Crippen LogP contribution is -2.41. The number of carbonyl (C=O) groups excluding carboxylic acids is 1. The molecule has 2 aromatic rings. The van der Waals surface area contributed by atoms with E-state index in [9.17, 15) is 13.2 Å². The fraction of sp³-hybridized carbons (Fsp3) is 0.409. The zero-order valence-electron chi connectivity index (χ0n) is 16.5. The molecule has 1 fully saturated rings. The van der Waals surface area contributed by atoms with E-state index in [2.05, 4.69) is 5.32 Å². The molecule has 0 bridgehead atoms. The van der Waals surface area contributed by atoms with Crippen molar-refractivity contribution < 1.29 is 17.9 Å². The Morgan fingerprint density at radius 3 is 2.79 bits per heavy atom. The third kappa shape index (κ3) is 4.02. The van der Waals surface area contributed by atoms with Crippen LogP contribution in [-0.4, -0.2) is 39.6 Å². The summed E-state index contributed by atoms with van der Waals surface area (Å²) < 4.78 is 33.7. The lowest BCUT2D eigenvalue weighted by atomic mass is 10.0. The smallest absolute Gasteiger partial charge is 0.264 e. The van der Waals surface area contributed by atoms with Crippen molar-refractivity contribution in [2.24, 2.45) is 0 Å². The molecule has 4 rings (SSSR count). The Morgan fingerprint density at radius 2 is 2.00 bits per heavy atom. The van der Waals surface area contributed by atoms with Gasteiger partial charge in [-0.2, -0.15) is 0 Å². The molecule has 0 aliphatic carbocycles. The third-order valence-corrected chi connectivity index (χ3v) is 7.44. The average molecular weight is 415 g/mol. The fourth-order valence-electron chi connectivity index (χ4n) is 4.05. The van der Waals surface area contributed by atoms with Crippen LogP contribution >= 0.6 is 0 Å². The van der Waals surface area contributed by atoms with Crippen LogP contribution < -0.4 is 9.62 Å². The van der Waals surface area contributed by atoms with E-state index in [-0.39, 0.29) is 22.9 Å². The largest absolute Gasteiger partial charge is 0.376 e. The van der Waals surface area contributed by atoms with Gasteiger partial charge < -0.3 is 10.1 Å². The molecule has 2 aliphatic heterocycles. The monoisotopic (exact) mass is 414 g/mol. The number of nitrogens with one attached hydrogen (secondary N) is 1. The molecule has 0 spiro atoms. The predicted molar refractivity (Wildman–Crippen MR) is 112 cm³/mol. The number of ether oxygens (including phenoxy) is 1. The summed E-state index contributed by atoms with van der Waals surface area (Å²) >= 11 is 0. The minimum atomic E-state index is -3.75. The minimum absolute atomic E-state index is 0.00992. The molecule has 154 valence electrons. The molecule has 0 saturated carbocycles. The Labute approximate surface area is 171 Å². The van der Waals surface area contributed by atoms with Gasteiger partial charge in [-0.15, -0.1) is 0 Å². The fourth-order valence-corrected chi connectivity index (χ4v) is 5.64. The summed E-state index contributed by atoms with van der Waals surface area (Å²) in [6, 6.07) is 13.7. The van der Waals surface area contributed by atoms with Gasteiger partial charge in [-0.25, -0.2) is 8.42 Å². The number of amides is 1. The first-order valence-electron chi connectivity index (χ1n) is 10.1. The average Bonchev–Trinajstić information content (AvgIpc) is 3.28. The maximum atomic E-state index is 13.3. The molecule has 29 heavy (non-hydrogen) atoms. The number of fused-ring (bicyclic) bond motifs is 1. The molecule has 0 aromatic heterocycles. The quantitative estimate of drug-likeness (QED) is 0.816. The van der Waals surface area contributed by atoms with Crippen LogP contribution in [0.5, 0.6) is 0 Å². The molecule has 2 unspecified atom stereocenters. The van der Waals surface area contributed by atoms with Crippen molar-refractivity contribution in [1.82, 2.24) is 5.32 Å². The number of nitrogens with zero attached hydrogens (tertiary/aromatic N) is 1. The highest BCUT2D eigenvalue weighted by Gasteiger charge is 2.30. The van der Waals surface area contributed by atoms with Gasteiger partial charge in [0.1, 0.15) is 0 Å². The lowest BCUT2D eigenvalue weighted by molar-refractivity contribution is 0.0712. The van der Waals surface area contributed by atoms with Crippen molar-refractivity contribution in [2.45, 2.75) is 49.6 Å². The Kier molecular flexibility index (Phi) is 5.61. The van der Waals surface area contributed by atoms with Gasteiger partial charge in [0.25, 0.3) is 15.9 Å². The molecule has 6 nitrogen and oxygen atoms in total. The van der Waals surface area contributed by atoms with E-state index in [1.807, 2.05) is 31.2 Å². The summed E-state index contributed by atoms with van der Waals surface area (Å²) in [6.07, 6.45) is 3.57. The standard InChI is InChI=1S/C22H26N2O4S/c1-16(21-12-6-14-28-21)23-22(25)18-8-4-10-19(15-18)29(26,27)24-13-5-9-17-7-2-3-11-20(17)24/h2-4,7-8,10-11,15-16,21H,5-6,9,12-14H2,1H3,(H,23,25). The van der Waals surface area contributed by atoms with Gasteiger partial charge in [0.05, 0.1) is 22.7 Å². The Balaban J connectivity index is 1.57. The van der Waals surface area contributed by atoms with Gasteiger partial charge >= 0.3 is 0 Å². The summed E-state index contributed by atoms with van der Waals surface area (Å²) in [4.78, 5) is 12.8. The highest BCUT2D eigenvalue weighted by Crippen LogP contribution is 2.32. The van der Waals surface area contributed by atoms with Gasteiger partial charge in [-0.05, 0) is 62.4 Å². The second kappa shape index (κ2) is 8.16. The van der Waals surface area contributed by atoms with E-state index in [1.54, 1.807) is 18.2 Å². The van der Waals surface area contributed by atoms with Crippen molar-refractivity contribution >= 4 is 21.6 Å². The molecule has 7 heteroatoms. The van der Waals surface area contributed by atoms with E-state index < -0.39 is 10.0 Å². The van der Waals surface area contributed by atoms with Crippen LogP contribution in [0.25, 0.3) is 0 Å². The first-order chi connectivity index (χ1) is 14.0. The number of para-hydroxylation sites is 1. The second-order valence-corrected chi connectivity index (χ2v) is 9.51. The van der Waals surface area contributed by atoms with E-state index in [0.29, 0.717) is 12.1 Å². The number of benzene rings is 2. The zero-order chi connectivity index (χ0) is 20.4. The number of hydrogen-bond acceptors (Lipinski definition) is 4. The lowest BCUT2D eigenvalue weighted by Gasteiger charge is -2.30. The number of anilines is 1. The Morgan fingerprint density at radius 1 is 1.17 bits per heavy atom. The van der Waals surface area contributed by atoms with Gasteiger partial charge in [0.2, 0.25) is 0 Å². The highest BCUT2D eigenvalue weighted by atomic mass is 32.2. The summed E-state index contributed by atoms with van der Waals surface area (Å²) in [5.41, 5.74) is 2.09. The van der Waals surface area contributed by atoms with Gasteiger partial charge in [0.15, 0.2) is 0 Å². The van der Waals surface area contributed by atoms with Crippen LogP contribution in [0.15, 0.2) is 53.4 Å². The molecular weight excluding hydrogens is 388 g/mol. The van der Waals surface area contributed by atoms with Crippen LogP contribution in [0.1, 0.15) is 42.1 Å². The Hall–Kier alpha value is -2.38. The number of sulfonamides is 1. The predicted octanol–water partition coefficient (Wildman–Crippen LogP) is 3.13. The molecule has 1 amide bonds. The summed E-state index contributed by atoms with van der Waals surface area (Å²) in [5.74, 6) is -0.288. The number of rotatable bonds is 5. The minimum Gasteiger partial charge on any atom is -0.376 e.